The summed E-state index contributed by atoms with van der Waals surface area (Å²) in [5, 5.41) is 10.5. The molecule has 0 N–H and O–H groups in total. The van der Waals surface area contributed by atoms with Crippen LogP contribution >= 0.6 is 0 Å². The molecule has 19 heavy (non-hydrogen) atoms. The second-order valence-electron chi connectivity index (χ2n) is 4.15. The van der Waals surface area contributed by atoms with Gasteiger partial charge in [0, 0.05) is 13.1 Å². The molecule has 0 spiro atoms. The number of nitro benzene ring substituents is 1. The number of hydrogen-bond donors (Lipinski definition) is 0. The van der Waals surface area contributed by atoms with E-state index >= 15 is 0 Å². The number of non-ortho nitro benzene ring substituents is 1. The molecule has 1 aliphatic heterocycles. The van der Waals surface area contributed by atoms with Gasteiger partial charge in [-0.2, -0.15) is 0 Å². The lowest BCUT2D eigenvalue weighted by Crippen LogP contribution is -2.41. The van der Waals surface area contributed by atoms with E-state index in [1.165, 1.54) is 4.90 Å². The highest BCUT2D eigenvalue weighted by molar-refractivity contribution is 7.91. The van der Waals surface area contributed by atoms with E-state index in [2.05, 4.69) is 0 Å². The van der Waals surface area contributed by atoms with Crippen molar-refractivity contribution in [1.82, 2.24) is 0 Å². The molecule has 0 saturated carbocycles. The van der Waals surface area contributed by atoms with Crippen LogP contribution in [0.25, 0.3) is 0 Å². The van der Waals surface area contributed by atoms with Gasteiger partial charge in [-0.25, -0.2) is 17.2 Å². The smallest absolute Gasteiger partial charge is 0.275 e. The van der Waals surface area contributed by atoms with Crippen LogP contribution < -0.4 is 4.90 Å². The standard InChI is InChI=1S/C10H10F2N2O4S/c11-8-5-7(14(15)16)6-9(12)10(8)13-1-3-19(17,18)4-2-13/h5-6H,1-4H2. The number of anilines is 1. The molecule has 0 aliphatic carbocycles. The Kier molecular flexibility index (Phi) is 3.40. The van der Waals surface area contributed by atoms with Crippen molar-refractivity contribution in [2.24, 2.45) is 0 Å². The Labute approximate surface area is 107 Å². The van der Waals surface area contributed by atoms with Gasteiger partial charge in [0.15, 0.2) is 21.5 Å². The van der Waals surface area contributed by atoms with Gasteiger partial charge < -0.3 is 4.90 Å². The predicted molar refractivity (Wildman–Crippen MR) is 63.9 cm³/mol. The molecule has 0 radical (unpaired) electrons. The van der Waals surface area contributed by atoms with Crippen LogP contribution in [0.3, 0.4) is 0 Å². The molecule has 1 fully saturated rings. The van der Waals surface area contributed by atoms with Crippen LogP contribution in [0.15, 0.2) is 12.1 Å². The number of rotatable bonds is 2. The molecule has 0 unspecified atom stereocenters. The van der Waals surface area contributed by atoms with Crippen molar-refractivity contribution in [3.05, 3.63) is 33.9 Å². The number of benzene rings is 1. The van der Waals surface area contributed by atoms with E-state index in [-0.39, 0.29) is 24.6 Å². The number of hydrogen-bond acceptors (Lipinski definition) is 5. The van der Waals surface area contributed by atoms with Gasteiger partial charge in [0.2, 0.25) is 0 Å². The molecule has 1 aromatic rings. The molecule has 1 aliphatic rings. The number of nitro groups is 1. The predicted octanol–water partition coefficient (Wildman–Crippen LogP) is 1.11. The van der Waals surface area contributed by atoms with Crippen molar-refractivity contribution >= 4 is 21.2 Å². The first-order valence-electron chi connectivity index (χ1n) is 5.39. The van der Waals surface area contributed by atoms with Gasteiger partial charge in [-0.15, -0.1) is 0 Å². The summed E-state index contributed by atoms with van der Waals surface area (Å²) in [5.74, 6) is -2.51. The summed E-state index contributed by atoms with van der Waals surface area (Å²) >= 11 is 0. The van der Waals surface area contributed by atoms with Gasteiger partial charge in [0.25, 0.3) is 5.69 Å². The maximum atomic E-state index is 13.7. The molecule has 0 amide bonds. The summed E-state index contributed by atoms with van der Waals surface area (Å²) in [7, 11) is -3.17. The summed E-state index contributed by atoms with van der Waals surface area (Å²) in [6.07, 6.45) is 0. The molecule has 0 atom stereocenters. The fourth-order valence-electron chi connectivity index (χ4n) is 1.90. The molecule has 0 aromatic heterocycles. The summed E-state index contributed by atoms with van der Waals surface area (Å²) in [5.41, 5.74) is -1.09. The molecule has 1 heterocycles. The molecule has 104 valence electrons. The summed E-state index contributed by atoms with van der Waals surface area (Å²) in [6.45, 7) is -0.0675. The minimum Gasteiger partial charge on any atom is -0.365 e. The number of nitrogens with zero attached hydrogens (tertiary/aromatic N) is 2. The van der Waals surface area contributed by atoms with E-state index in [1.54, 1.807) is 0 Å². The third-order valence-electron chi connectivity index (χ3n) is 2.87. The minimum atomic E-state index is -3.17. The van der Waals surface area contributed by atoms with Crippen LogP contribution in [0.2, 0.25) is 0 Å². The topological polar surface area (TPSA) is 80.5 Å². The van der Waals surface area contributed by atoms with Crippen molar-refractivity contribution < 1.29 is 22.1 Å². The summed E-state index contributed by atoms with van der Waals surface area (Å²) in [4.78, 5) is 10.8. The highest BCUT2D eigenvalue weighted by Crippen LogP contribution is 2.29. The minimum absolute atomic E-state index is 0.0337. The van der Waals surface area contributed by atoms with E-state index in [0.29, 0.717) is 12.1 Å². The van der Waals surface area contributed by atoms with Gasteiger partial charge in [-0.1, -0.05) is 0 Å². The zero-order valence-corrected chi connectivity index (χ0v) is 10.5. The Morgan fingerprint density at radius 1 is 1.16 bits per heavy atom. The fourth-order valence-corrected chi connectivity index (χ4v) is 3.10. The molecule has 1 saturated heterocycles. The molecule has 6 nitrogen and oxygen atoms in total. The Morgan fingerprint density at radius 3 is 2.05 bits per heavy atom. The van der Waals surface area contributed by atoms with Gasteiger partial charge in [0.05, 0.1) is 28.6 Å². The highest BCUT2D eigenvalue weighted by atomic mass is 32.2. The first-order chi connectivity index (χ1) is 8.80. The fraction of sp³-hybridized carbons (Fsp3) is 0.400. The first-order valence-corrected chi connectivity index (χ1v) is 7.21. The van der Waals surface area contributed by atoms with E-state index in [1.807, 2.05) is 0 Å². The van der Waals surface area contributed by atoms with Crippen LogP contribution in [0.1, 0.15) is 0 Å². The van der Waals surface area contributed by atoms with E-state index in [9.17, 15) is 27.3 Å². The lowest BCUT2D eigenvalue weighted by atomic mass is 10.2. The second kappa shape index (κ2) is 4.72. The molecule has 1 aromatic carbocycles. The molecule has 0 bridgehead atoms. The lowest BCUT2D eigenvalue weighted by molar-refractivity contribution is -0.385. The van der Waals surface area contributed by atoms with Crippen LogP contribution in [0, 0.1) is 21.7 Å². The molecule has 2 rings (SSSR count). The van der Waals surface area contributed by atoms with Gasteiger partial charge in [-0.3, -0.25) is 10.1 Å². The van der Waals surface area contributed by atoms with Crippen LogP contribution in [0.5, 0.6) is 0 Å². The number of halogens is 2. The van der Waals surface area contributed by atoms with Gasteiger partial charge in [0.1, 0.15) is 5.69 Å². The SMILES string of the molecule is O=[N+]([O-])c1cc(F)c(N2CCS(=O)(=O)CC2)c(F)c1. The van der Waals surface area contributed by atoms with Crippen molar-refractivity contribution in [2.75, 3.05) is 29.5 Å². The van der Waals surface area contributed by atoms with Crippen molar-refractivity contribution in [1.29, 1.82) is 0 Å². The monoisotopic (exact) mass is 292 g/mol. The summed E-state index contributed by atoms with van der Waals surface area (Å²) in [6, 6.07) is 1.25. The molecular weight excluding hydrogens is 282 g/mol. The van der Waals surface area contributed by atoms with Crippen molar-refractivity contribution in [3.8, 4) is 0 Å². The molecular formula is C10H10F2N2O4S. The first kappa shape index (κ1) is 13.7. The Morgan fingerprint density at radius 2 is 1.63 bits per heavy atom. The summed E-state index contributed by atoms with van der Waals surface area (Å²) < 4.78 is 49.9. The average Bonchev–Trinajstić information content (AvgIpc) is 2.30. The normalized spacial score (nSPS) is 18.3. The van der Waals surface area contributed by atoms with E-state index in [4.69, 9.17) is 0 Å². The van der Waals surface area contributed by atoms with Crippen LogP contribution in [0.4, 0.5) is 20.2 Å². The highest BCUT2D eigenvalue weighted by Gasteiger charge is 2.27. The van der Waals surface area contributed by atoms with Gasteiger partial charge in [-0.05, 0) is 0 Å². The van der Waals surface area contributed by atoms with Crippen molar-refractivity contribution in [3.63, 3.8) is 0 Å². The van der Waals surface area contributed by atoms with E-state index in [0.717, 1.165) is 0 Å². The number of sulfone groups is 1. The van der Waals surface area contributed by atoms with Crippen LogP contribution in [-0.4, -0.2) is 37.9 Å². The molecule has 9 heteroatoms. The Balaban J connectivity index is 2.34. The average molecular weight is 292 g/mol. The van der Waals surface area contributed by atoms with Gasteiger partial charge >= 0.3 is 0 Å². The third kappa shape index (κ3) is 2.80. The maximum absolute atomic E-state index is 13.7. The maximum Gasteiger partial charge on any atom is 0.275 e. The zero-order valence-electron chi connectivity index (χ0n) is 9.67. The Bertz CT molecular complexity index is 595. The quantitative estimate of drug-likeness (QED) is 0.602. The lowest BCUT2D eigenvalue weighted by Gasteiger charge is -2.29. The van der Waals surface area contributed by atoms with E-state index < -0.39 is 37.8 Å². The largest absolute Gasteiger partial charge is 0.365 e. The second-order valence-corrected chi connectivity index (χ2v) is 6.46. The van der Waals surface area contributed by atoms with Crippen LogP contribution in [-0.2, 0) is 9.84 Å². The Hall–Kier alpha value is -1.77. The van der Waals surface area contributed by atoms with Crippen molar-refractivity contribution in [2.45, 2.75) is 0 Å². The third-order valence-corrected chi connectivity index (χ3v) is 4.48. The zero-order chi connectivity index (χ0) is 14.2.